The third kappa shape index (κ3) is 4.97. The number of aromatic nitrogens is 1. The Balaban J connectivity index is 1.54. The van der Waals surface area contributed by atoms with Gasteiger partial charge in [-0.2, -0.15) is 13.2 Å². The van der Waals surface area contributed by atoms with Crippen LogP contribution in [0.4, 0.5) is 18.9 Å². The Morgan fingerprint density at radius 2 is 1.71 bits per heavy atom. The third-order valence-corrected chi connectivity index (χ3v) is 6.01. The number of carboxylic acids is 1. The largest absolute Gasteiger partial charge is 0.481 e. The molecule has 176 valence electrons. The average Bonchev–Trinajstić information content (AvgIpc) is 3.12. The average molecular weight is 467 g/mol. The molecule has 1 aliphatic rings. The summed E-state index contributed by atoms with van der Waals surface area (Å²) in [7, 11) is 0. The van der Waals surface area contributed by atoms with Gasteiger partial charge in [0.25, 0.3) is 0 Å². The summed E-state index contributed by atoms with van der Waals surface area (Å²) >= 11 is 0. The Bertz CT molecular complexity index is 1220. The van der Waals surface area contributed by atoms with Gasteiger partial charge in [-0.25, -0.2) is 5.43 Å². The van der Waals surface area contributed by atoms with E-state index in [1.807, 2.05) is 31.2 Å². The van der Waals surface area contributed by atoms with Gasteiger partial charge >= 0.3 is 12.1 Å². The number of alkyl halides is 3. The van der Waals surface area contributed by atoms with E-state index in [-0.39, 0.29) is 11.3 Å². The summed E-state index contributed by atoms with van der Waals surface area (Å²) in [6.45, 7) is 3.36. The van der Waals surface area contributed by atoms with E-state index in [0.29, 0.717) is 12.1 Å². The summed E-state index contributed by atoms with van der Waals surface area (Å²) in [5, 5.41) is 10.4. The van der Waals surface area contributed by atoms with Crippen molar-refractivity contribution in [2.24, 2.45) is 0 Å². The molecule has 2 heterocycles. The SMILES string of the molecule is CC1=C(CC(=O)O)N(c2ccc(Cc3ccc(-c4ccncc4)cc3C)cc2)NC1C(F)(F)F. The molecule has 0 saturated carbocycles. The third-order valence-electron chi connectivity index (χ3n) is 6.01. The second kappa shape index (κ2) is 9.30. The number of anilines is 1. The summed E-state index contributed by atoms with van der Waals surface area (Å²) in [6, 6.07) is 15.4. The maximum absolute atomic E-state index is 13.4. The highest BCUT2D eigenvalue weighted by Crippen LogP contribution is 2.36. The van der Waals surface area contributed by atoms with Crippen molar-refractivity contribution in [2.45, 2.75) is 38.9 Å². The second-order valence-electron chi connectivity index (χ2n) is 8.36. The number of hydrazine groups is 1. The molecule has 1 atom stereocenters. The molecule has 1 aromatic heterocycles. The van der Waals surface area contributed by atoms with Crippen molar-refractivity contribution in [3.05, 3.63) is 95.0 Å². The van der Waals surface area contributed by atoms with Crippen LogP contribution in [0.2, 0.25) is 0 Å². The number of carbonyl (C=O) groups is 1. The molecule has 34 heavy (non-hydrogen) atoms. The molecular weight excluding hydrogens is 443 g/mol. The Hall–Kier alpha value is -3.65. The molecule has 2 N–H and O–H groups in total. The zero-order valence-electron chi connectivity index (χ0n) is 18.7. The van der Waals surface area contributed by atoms with Crippen LogP contribution >= 0.6 is 0 Å². The minimum Gasteiger partial charge on any atom is -0.481 e. The highest BCUT2D eigenvalue weighted by Gasteiger charge is 2.47. The first-order chi connectivity index (χ1) is 16.1. The Kier molecular flexibility index (Phi) is 6.43. The number of nitrogens with zero attached hydrogens (tertiary/aromatic N) is 2. The monoisotopic (exact) mass is 467 g/mol. The lowest BCUT2D eigenvalue weighted by Gasteiger charge is -2.24. The van der Waals surface area contributed by atoms with Crippen LogP contribution in [0.15, 0.2) is 78.3 Å². The van der Waals surface area contributed by atoms with Crippen LogP contribution in [-0.2, 0) is 11.2 Å². The highest BCUT2D eigenvalue weighted by atomic mass is 19.4. The van der Waals surface area contributed by atoms with E-state index < -0.39 is 24.6 Å². The van der Waals surface area contributed by atoms with Gasteiger partial charge in [0.05, 0.1) is 12.1 Å². The Labute approximate surface area is 195 Å². The number of pyridine rings is 1. The molecule has 0 bridgehead atoms. The number of halogens is 3. The van der Waals surface area contributed by atoms with E-state index in [0.717, 1.165) is 27.8 Å². The standard InChI is InChI=1S/C26H24F3N3O2/c1-16-13-21(19-9-11-30-12-10-19)6-5-20(16)14-18-3-7-22(8-4-18)32-23(15-24(33)34)17(2)25(31-32)26(27,28)29/h3-13,25,31H,14-15H2,1-2H3,(H,33,34). The second-order valence-corrected chi connectivity index (χ2v) is 8.36. The number of aryl methyl sites for hydroxylation is 1. The fourth-order valence-electron chi connectivity index (χ4n) is 4.16. The molecule has 1 unspecified atom stereocenters. The van der Waals surface area contributed by atoms with Gasteiger partial charge in [0.15, 0.2) is 0 Å². The molecule has 0 saturated heterocycles. The molecule has 1 aliphatic heterocycles. The van der Waals surface area contributed by atoms with Gasteiger partial charge < -0.3 is 5.11 Å². The fraction of sp³-hybridized carbons (Fsp3) is 0.231. The molecule has 0 fully saturated rings. The van der Waals surface area contributed by atoms with Gasteiger partial charge in [-0.15, -0.1) is 0 Å². The number of carboxylic acid groups (broad SMARTS) is 1. The van der Waals surface area contributed by atoms with Gasteiger partial charge in [0, 0.05) is 18.1 Å². The molecule has 2 aromatic carbocycles. The van der Waals surface area contributed by atoms with Crippen molar-refractivity contribution in [3.8, 4) is 11.1 Å². The van der Waals surface area contributed by atoms with Crippen LogP contribution in [0, 0.1) is 6.92 Å². The van der Waals surface area contributed by atoms with Gasteiger partial charge in [0.1, 0.15) is 6.04 Å². The summed E-state index contributed by atoms with van der Waals surface area (Å²) in [4.78, 5) is 15.3. The number of hydrogen-bond acceptors (Lipinski definition) is 4. The van der Waals surface area contributed by atoms with Gasteiger partial charge in [-0.1, -0.05) is 30.3 Å². The summed E-state index contributed by atoms with van der Waals surface area (Å²) in [6.07, 6.45) is -0.855. The lowest BCUT2D eigenvalue weighted by atomic mass is 9.96. The lowest BCUT2D eigenvalue weighted by Crippen LogP contribution is -2.45. The minimum absolute atomic E-state index is 0.0381. The zero-order valence-corrected chi connectivity index (χ0v) is 18.7. The van der Waals surface area contributed by atoms with Crippen LogP contribution in [0.1, 0.15) is 30.0 Å². The molecular formula is C26H24F3N3O2. The highest BCUT2D eigenvalue weighted by molar-refractivity contribution is 5.73. The topological polar surface area (TPSA) is 65.5 Å². The van der Waals surface area contributed by atoms with E-state index >= 15 is 0 Å². The summed E-state index contributed by atoms with van der Waals surface area (Å²) in [5.41, 5.74) is 8.40. The maximum Gasteiger partial charge on any atom is 0.409 e. The van der Waals surface area contributed by atoms with Crippen molar-refractivity contribution >= 4 is 11.7 Å². The molecule has 0 amide bonds. The first-order valence-corrected chi connectivity index (χ1v) is 10.8. The molecule has 0 radical (unpaired) electrons. The predicted octanol–water partition coefficient (Wildman–Crippen LogP) is 5.65. The van der Waals surface area contributed by atoms with E-state index in [1.54, 1.807) is 24.5 Å². The molecule has 0 aliphatic carbocycles. The van der Waals surface area contributed by atoms with E-state index in [2.05, 4.69) is 28.6 Å². The first-order valence-electron chi connectivity index (χ1n) is 10.8. The van der Waals surface area contributed by atoms with Crippen molar-refractivity contribution in [2.75, 3.05) is 5.01 Å². The summed E-state index contributed by atoms with van der Waals surface area (Å²) in [5.74, 6) is -1.19. The van der Waals surface area contributed by atoms with Crippen LogP contribution in [-0.4, -0.2) is 28.3 Å². The van der Waals surface area contributed by atoms with E-state index in [9.17, 15) is 23.1 Å². The van der Waals surface area contributed by atoms with Crippen molar-refractivity contribution in [1.29, 1.82) is 0 Å². The Morgan fingerprint density at radius 1 is 1.03 bits per heavy atom. The summed E-state index contributed by atoms with van der Waals surface area (Å²) < 4.78 is 40.3. The Morgan fingerprint density at radius 3 is 2.29 bits per heavy atom. The molecule has 8 heteroatoms. The van der Waals surface area contributed by atoms with Crippen LogP contribution in [0.25, 0.3) is 11.1 Å². The molecule has 3 aromatic rings. The van der Waals surface area contributed by atoms with Gasteiger partial charge in [-0.05, 0) is 77.9 Å². The predicted molar refractivity (Wildman–Crippen MR) is 124 cm³/mol. The number of aliphatic carboxylic acids is 1. The van der Waals surface area contributed by atoms with E-state index in [1.165, 1.54) is 11.9 Å². The van der Waals surface area contributed by atoms with Crippen molar-refractivity contribution < 1.29 is 23.1 Å². The van der Waals surface area contributed by atoms with Crippen molar-refractivity contribution in [3.63, 3.8) is 0 Å². The van der Waals surface area contributed by atoms with Crippen LogP contribution in [0.3, 0.4) is 0 Å². The number of rotatable bonds is 6. The maximum atomic E-state index is 13.4. The molecule has 4 rings (SSSR count). The normalized spacial score (nSPS) is 16.3. The quantitative estimate of drug-likeness (QED) is 0.490. The minimum atomic E-state index is -4.53. The van der Waals surface area contributed by atoms with E-state index in [4.69, 9.17) is 0 Å². The smallest absolute Gasteiger partial charge is 0.409 e. The number of benzene rings is 2. The first kappa shape index (κ1) is 23.5. The lowest BCUT2D eigenvalue weighted by molar-refractivity contribution is -0.145. The zero-order chi connectivity index (χ0) is 24.5. The van der Waals surface area contributed by atoms with Gasteiger partial charge in [0.2, 0.25) is 0 Å². The number of nitrogens with one attached hydrogen (secondary N) is 1. The molecule has 0 spiro atoms. The van der Waals surface area contributed by atoms with Gasteiger partial charge in [-0.3, -0.25) is 14.8 Å². The van der Waals surface area contributed by atoms with Crippen LogP contribution in [0.5, 0.6) is 0 Å². The fourth-order valence-corrected chi connectivity index (χ4v) is 4.16. The van der Waals surface area contributed by atoms with Crippen LogP contribution < -0.4 is 10.4 Å². The van der Waals surface area contributed by atoms with Crippen molar-refractivity contribution in [1.82, 2.24) is 10.4 Å². The molecule has 5 nitrogen and oxygen atoms in total. The number of hydrogen-bond donors (Lipinski definition) is 2.